The number of aromatic nitrogens is 3. The summed E-state index contributed by atoms with van der Waals surface area (Å²) in [7, 11) is 0. The lowest BCUT2D eigenvalue weighted by Gasteiger charge is -2.37. The molecule has 22 nitrogen and oxygen atoms in total. The van der Waals surface area contributed by atoms with Gasteiger partial charge in [0.15, 0.2) is 0 Å². The van der Waals surface area contributed by atoms with E-state index in [1.807, 2.05) is 58.0 Å². The topological polar surface area (TPSA) is 360 Å². The lowest BCUT2D eigenvalue weighted by molar-refractivity contribution is -0.139. The molecule has 4 rings (SSSR count). The predicted molar refractivity (Wildman–Crippen MR) is 282 cm³/mol. The van der Waals surface area contributed by atoms with E-state index in [0.29, 0.717) is 24.1 Å². The van der Waals surface area contributed by atoms with Crippen LogP contribution in [0, 0.1) is 11.8 Å². The third-order valence-corrected chi connectivity index (χ3v) is 12.8. The Labute approximate surface area is 437 Å². The summed E-state index contributed by atoms with van der Waals surface area (Å²) in [5.41, 5.74) is 18.5. The van der Waals surface area contributed by atoms with E-state index >= 15 is 0 Å². The third kappa shape index (κ3) is 18.1. The first-order valence-corrected chi connectivity index (χ1v) is 25.6. The van der Waals surface area contributed by atoms with Gasteiger partial charge in [0.2, 0.25) is 53.2 Å². The number of carbonyl (C=O) groups excluding carboxylic acids is 9. The molecule has 0 radical (unpaired) electrons. The van der Waals surface area contributed by atoms with Crippen molar-refractivity contribution in [1.82, 2.24) is 52.2 Å². The van der Waals surface area contributed by atoms with Gasteiger partial charge in [-0.15, -0.1) is 0 Å². The van der Waals surface area contributed by atoms with Crippen molar-refractivity contribution in [1.29, 1.82) is 0 Å². The van der Waals surface area contributed by atoms with Crippen molar-refractivity contribution >= 4 is 64.1 Å². The van der Waals surface area contributed by atoms with Gasteiger partial charge in [-0.2, -0.15) is 0 Å². The van der Waals surface area contributed by atoms with Gasteiger partial charge in [0, 0.05) is 48.3 Å². The molecule has 22 heteroatoms. The van der Waals surface area contributed by atoms with Crippen molar-refractivity contribution in [2.24, 2.45) is 29.0 Å². The second-order valence-electron chi connectivity index (χ2n) is 19.9. The zero-order chi connectivity index (χ0) is 55.4. The van der Waals surface area contributed by atoms with Gasteiger partial charge in [0.05, 0.1) is 12.4 Å². The number of rotatable bonds is 31. The van der Waals surface area contributed by atoms with Crippen LogP contribution in [0.15, 0.2) is 73.3 Å². The molecule has 2 aromatic heterocycles. The third-order valence-electron chi connectivity index (χ3n) is 12.8. The van der Waals surface area contributed by atoms with Crippen molar-refractivity contribution in [2.45, 2.75) is 161 Å². The predicted octanol–water partition coefficient (Wildman–Crippen LogP) is 1.08. The van der Waals surface area contributed by atoms with Crippen LogP contribution in [0.25, 0.3) is 10.9 Å². The molecule has 2 heterocycles. The highest BCUT2D eigenvalue weighted by Gasteiger charge is 2.43. The summed E-state index contributed by atoms with van der Waals surface area (Å²) in [6, 6.07) is 7.81. The molecular weight excluding hydrogens is 963 g/mol. The highest BCUT2D eigenvalue weighted by atomic mass is 16.2. The monoisotopic (exact) mass is 1040 g/mol. The van der Waals surface area contributed by atoms with Gasteiger partial charge in [0.25, 0.3) is 0 Å². The van der Waals surface area contributed by atoms with E-state index < -0.39 is 107 Å². The Hall–Kier alpha value is -7.62. The van der Waals surface area contributed by atoms with Gasteiger partial charge >= 0.3 is 0 Å². The van der Waals surface area contributed by atoms with Crippen molar-refractivity contribution < 1.29 is 43.2 Å². The van der Waals surface area contributed by atoms with Crippen molar-refractivity contribution in [3.8, 4) is 0 Å². The molecule has 4 aromatic rings. The minimum absolute atomic E-state index is 0.00704. The van der Waals surface area contributed by atoms with Gasteiger partial charge in [-0.05, 0) is 68.1 Å². The van der Waals surface area contributed by atoms with Crippen molar-refractivity contribution in [3.05, 3.63) is 90.1 Å². The molecule has 7 atom stereocenters. The quantitative estimate of drug-likeness (QED) is 0.0338. The number of primary amides is 2. The summed E-state index contributed by atoms with van der Waals surface area (Å²) in [6.45, 7) is 12.2. The van der Waals surface area contributed by atoms with Gasteiger partial charge in [-0.25, -0.2) is 4.98 Å². The molecule has 75 heavy (non-hydrogen) atoms. The average Bonchev–Trinajstić information content (AvgIpc) is 4.03. The first-order chi connectivity index (χ1) is 35.6. The zero-order valence-corrected chi connectivity index (χ0v) is 44.0. The largest absolute Gasteiger partial charge is 0.370 e. The SMILES string of the molecule is CCCC(CCC)(NC(=O)C(NC(=O)C(C)NC(=O)C(Cc1c[nH]c2ccccc12)NC(=O)C(CCC(N)=O)NC(=O)C(N)Cc1ccccc1)C(C)C)C(=O)NC(Cc1cnc[nH]1)C(=O)NC(CC(C)C)C(N)=O. The Morgan fingerprint density at radius 2 is 1.24 bits per heavy atom. The summed E-state index contributed by atoms with van der Waals surface area (Å²) in [5, 5.41) is 19.9. The summed E-state index contributed by atoms with van der Waals surface area (Å²) >= 11 is 0. The summed E-state index contributed by atoms with van der Waals surface area (Å²) in [5.74, 6) is -7.08. The van der Waals surface area contributed by atoms with Crippen LogP contribution in [0.3, 0.4) is 0 Å². The van der Waals surface area contributed by atoms with Crippen molar-refractivity contribution in [2.75, 3.05) is 0 Å². The van der Waals surface area contributed by atoms with E-state index in [4.69, 9.17) is 17.2 Å². The van der Waals surface area contributed by atoms with Crippen LogP contribution in [-0.2, 0) is 62.4 Å². The lowest BCUT2D eigenvalue weighted by Crippen LogP contribution is -2.66. The molecule has 9 amide bonds. The second-order valence-corrected chi connectivity index (χ2v) is 19.9. The van der Waals surface area contributed by atoms with Crippen LogP contribution < -0.4 is 54.4 Å². The standard InChI is InChI=1S/C53H77N13O9/c1-8-21-53(22-9-2,52(75)64-42(26-35-28-57-29-59-35)50(73)62-40(45(56)68)23-30(3)4)66-51(74)44(31(5)6)65-46(69)32(7)60-49(72)41(25-34-27-58-38-18-14-13-17-36(34)38)63-48(71)39(19-20-43(55)67)61-47(70)37(54)24-33-15-11-10-12-16-33/h10-18,27-32,37,39-42,44,58H,8-9,19-26,54H2,1-7H3,(H2,55,67)(H2,56,68)(H,57,59)(H,60,72)(H,61,70)(H,62,73)(H,63,71)(H,64,75)(H,65,69)(H,66,74). The number of hydrogen-bond donors (Lipinski definition) is 12. The van der Waals surface area contributed by atoms with E-state index in [2.05, 4.69) is 52.2 Å². The van der Waals surface area contributed by atoms with Gasteiger partial charge in [-0.3, -0.25) is 43.2 Å². The number of benzene rings is 2. The number of imidazole rings is 1. The highest BCUT2D eigenvalue weighted by Crippen LogP contribution is 2.23. The van der Waals surface area contributed by atoms with Crippen LogP contribution in [0.2, 0.25) is 0 Å². The normalized spacial score (nSPS) is 14.3. The first-order valence-electron chi connectivity index (χ1n) is 25.6. The number of H-pyrrole nitrogens is 2. The number of nitrogens with two attached hydrogens (primary N) is 3. The summed E-state index contributed by atoms with van der Waals surface area (Å²) in [4.78, 5) is 133. The molecular formula is C53H77N13O9. The minimum atomic E-state index is -1.57. The molecule has 15 N–H and O–H groups in total. The number of para-hydroxylation sites is 1. The highest BCUT2D eigenvalue weighted by molar-refractivity contribution is 5.99. The molecule has 0 aliphatic carbocycles. The minimum Gasteiger partial charge on any atom is -0.370 e. The number of nitrogens with zero attached hydrogens (tertiary/aromatic N) is 1. The van der Waals surface area contributed by atoms with E-state index in [9.17, 15) is 43.2 Å². The molecule has 7 unspecified atom stereocenters. The van der Waals surface area contributed by atoms with E-state index in [1.165, 1.54) is 19.4 Å². The second kappa shape index (κ2) is 28.7. The van der Waals surface area contributed by atoms with Crippen LogP contribution in [0.5, 0.6) is 0 Å². The number of hydrogen-bond acceptors (Lipinski definition) is 11. The number of nitrogens with one attached hydrogen (secondary N) is 9. The molecule has 0 fully saturated rings. The molecule has 0 spiro atoms. The maximum atomic E-state index is 14.6. The number of aromatic amines is 2. The Morgan fingerprint density at radius 3 is 1.84 bits per heavy atom. The number of carbonyl (C=O) groups is 9. The van der Waals surface area contributed by atoms with Crippen LogP contribution in [0.4, 0.5) is 0 Å². The van der Waals surface area contributed by atoms with Crippen LogP contribution in [0.1, 0.15) is 110 Å². The average molecular weight is 1040 g/mol. The van der Waals surface area contributed by atoms with E-state index in [0.717, 1.165) is 16.5 Å². The fourth-order valence-corrected chi connectivity index (χ4v) is 8.80. The fraction of sp³-hybridized carbons (Fsp3) is 0.509. The maximum absolute atomic E-state index is 14.6. The Morgan fingerprint density at radius 1 is 0.640 bits per heavy atom. The number of amides is 9. The molecule has 0 saturated heterocycles. The Bertz CT molecular complexity index is 2560. The molecule has 408 valence electrons. The van der Waals surface area contributed by atoms with Crippen LogP contribution >= 0.6 is 0 Å². The van der Waals surface area contributed by atoms with E-state index in [1.54, 1.807) is 44.3 Å². The Balaban J connectivity index is 1.56. The number of fused-ring (bicyclic) bond motifs is 1. The zero-order valence-electron chi connectivity index (χ0n) is 44.0. The van der Waals surface area contributed by atoms with Crippen molar-refractivity contribution in [3.63, 3.8) is 0 Å². The smallest absolute Gasteiger partial charge is 0.246 e. The Kier molecular flexibility index (Phi) is 23.0. The lowest BCUT2D eigenvalue weighted by atomic mass is 9.86. The van der Waals surface area contributed by atoms with E-state index in [-0.39, 0.29) is 57.3 Å². The first kappa shape index (κ1) is 59.9. The van der Waals surface area contributed by atoms with Gasteiger partial charge in [0.1, 0.15) is 41.8 Å². The summed E-state index contributed by atoms with van der Waals surface area (Å²) in [6.07, 6.45) is 5.58. The van der Waals surface area contributed by atoms with Gasteiger partial charge < -0.3 is 64.4 Å². The molecule has 0 saturated carbocycles. The molecule has 0 aliphatic heterocycles. The van der Waals surface area contributed by atoms with Crippen LogP contribution in [-0.4, -0.2) is 116 Å². The molecule has 0 aliphatic rings. The van der Waals surface area contributed by atoms with Gasteiger partial charge in [-0.1, -0.05) is 103 Å². The summed E-state index contributed by atoms with van der Waals surface area (Å²) < 4.78 is 0. The molecule has 2 aromatic carbocycles. The molecule has 0 bridgehead atoms. The maximum Gasteiger partial charge on any atom is 0.246 e. The fourth-order valence-electron chi connectivity index (χ4n) is 8.80.